The summed E-state index contributed by atoms with van der Waals surface area (Å²) >= 11 is 0. The molecule has 110 valence electrons. The van der Waals surface area contributed by atoms with Gasteiger partial charge in [-0.05, 0) is 25.1 Å². The Morgan fingerprint density at radius 2 is 1.82 bits per heavy atom. The van der Waals surface area contributed by atoms with Gasteiger partial charge in [0.2, 0.25) is 0 Å². The van der Waals surface area contributed by atoms with E-state index in [2.05, 4.69) is 15.5 Å². The van der Waals surface area contributed by atoms with E-state index in [1.165, 1.54) is 6.07 Å². The van der Waals surface area contributed by atoms with Gasteiger partial charge in [-0.15, -0.1) is 0 Å². The van der Waals surface area contributed by atoms with E-state index in [1.54, 1.807) is 18.2 Å². The average molecular weight is 293 g/mol. The number of phenols is 1. The highest BCUT2D eigenvalue weighted by atomic mass is 16.3. The topological polar surface area (TPSA) is 77.5 Å². The van der Waals surface area contributed by atoms with E-state index in [4.69, 9.17) is 0 Å². The van der Waals surface area contributed by atoms with Crippen LogP contribution < -0.4 is 5.43 Å². The number of aromatic nitrogens is 1. The molecule has 5 nitrogen and oxygen atoms in total. The molecule has 0 aliphatic heterocycles. The van der Waals surface area contributed by atoms with E-state index in [9.17, 15) is 9.90 Å². The highest BCUT2D eigenvalue weighted by Crippen LogP contribution is 2.18. The number of benzene rings is 2. The van der Waals surface area contributed by atoms with Gasteiger partial charge in [0.05, 0.1) is 11.3 Å². The lowest BCUT2D eigenvalue weighted by Gasteiger charge is -2.04. The Labute approximate surface area is 127 Å². The summed E-state index contributed by atoms with van der Waals surface area (Å²) in [4.78, 5) is 15.2. The van der Waals surface area contributed by atoms with E-state index in [0.29, 0.717) is 5.71 Å². The van der Waals surface area contributed by atoms with Gasteiger partial charge in [0.1, 0.15) is 5.75 Å². The summed E-state index contributed by atoms with van der Waals surface area (Å²) in [7, 11) is 0. The number of aromatic amines is 1. The van der Waals surface area contributed by atoms with E-state index < -0.39 is 5.91 Å². The molecule has 0 atom stereocenters. The predicted molar refractivity (Wildman–Crippen MR) is 86.1 cm³/mol. The molecule has 0 spiro atoms. The van der Waals surface area contributed by atoms with Crippen LogP contribution in [0.1, 0.15) is 22.8 Å². The van der Waals surface area contributed by atoms with Gasteiger partial charge >= 0.3 is 0 Å². The number of rotatable bonds is 3. The number of hydrazone groups is 1. The van der Waals surface area contributed by atoms with Crippen LogP contribution in [0.5, 0.6) is 5.75 Å². The van der Waals surface area contributed by atoms with Crippen molar-refractivity contribution in [3.05, 3.63) is 65.9 Å². The zero-order valence-electron chi connectivity index (χ0n) is 12.0. The number of para-hydroxylation sites is 2. The summed E-state index contributed by atoms with van der Waals surface area (Å²) in [6, 6.07) is 14.2. The maximum Gasteiger partial charge on any atom is 0.275 e. The van der Waals surface area contributed by atoms with Crippen LogP contribution in [0.2, 0.25) is 0 Å². The van der Waals surface area contributed by atoms with Gasteiger partial charge < -0.3 is 10.1 Å². The summed E-state index contributed by atoms with van der Waals surface area (Å²) in [6.45, 7) is 1.82. The molecule has 0 aliphatic carbocycles. The zero-order chi connectivity index (χ0) is 15.5. The number of carbonyl (C=O) groups excluding carboxylic acids is 1. The lowest BCUT2D eigenvalue weighted by molar-refractivity contribution is 0.0952. The fourth-order valence-corrected chi connectivity index (χ4v) is 2.29. The van der Waals surface area contributed by atoms with Crippen LogP contribution in [0.4, 0.5) is 0 Å². The Morgan fingerprint density at radius 1 is 1.09 bits per heavy atom. The van der Waals surface area contributed by atoms with Crippen molar-refractivity contribution in [1.82, 2.24) is 10.4 Å². The van der Waals surface area contributed by atoms with Crippen molar-refractivity contribution >= 4 is 22.5 Å². The first-order valence-corrected chi connectivity index (χ1v) is 6.86. The maximum atomic E-state index is 12.0. The number of aromatic hydroxyl groups is 1. The number of fused-ring (bicyclic) bond motifs is 1. The third kappa shape index (κ3) is 2.56. The van der Waals surface area contributed by atoms with Gasteiger partial charge in [-0.25, -0.2) is 5.43 Å². The Balaban J connectivity index is 1.83. The van der Waals surface area contributed by atoms with E-state index in [1.807, 2.05) is 37.4 Å². The Kier molecular flexibility index (Phi) is 3.62. The third-order valence-corrected chi connectivity index (χ3v) is 3.45. The molecule has 0 saturated heterocycles. The molecule has 5 heteroatoms. The Morgan fingerprint density at radius 3 is 2.64 bits per heavy atom. The molecule has 0 radical (unpaired) electrons. The monoisotopic (exact) mass is 293 g/mol. The molecule has 3 N–H and O–H groups in total. The normalized spacial score (nSPS) is 11.6. The van der Waals surface area contributed by atoms with Crippen LogP contribution >= 0.6 is 0 Å². The number of phenolic OH excluding ortho intramolecular Hbond substituents is 1. The number of H-pyrrole nitrogens is 1. The molecule has 0 unspecified atom stereocenters. The first-order valence-electron chi connectivity index (χ1n) is 6.86. The van der Waals surface area contributed by atoms with Gasteiger partial charge in [0.25, 0.3) is 5.91 Å². The fraction of sp³-hybridized carbons (Fsp3) is 0.0588. The molecule has 1 amide bonds. The van der Waals surface area contributed by atoms with Crippen LogP contribution in [0.3, 0.4) is 0 Å². The second-order valence-electron chi connectivity index (χ2n) is 4.90. The average Bonchev–Trinajstić information content (AvgIpc) is 2.97. The molecule has 3 rings (SSSR count). The van der Waals surface area contributed by atoms with Crippen LogP contribution in [0.25, 0.3) is 10.9 Å². The zero-order valence-corrected chi connectivity index (χ0v) is 12.0. The highest BCUT2D eigenvalue weighted by molar-refractivity contribution is 6.10. The second-order valence-corrected chi connectivity index (χ2v) is 4.90. The first-order chi connectivity index (χ1) is 10.7. The Bertz CT molecular complexity index is 865. The van der Waals surface area contributed by atoms with Crippen molar-refractivity contribution in [2.45, 2.75) is 6.92 Å². The molecule has 1 heterocycles. The largest absolute Gasteiger partial charge is 0.507 e. The van der Waals surface area contributed by atoms with Crippen molar-refractivity contribution in [3.63, 3.8) is 0 Å². The van der Waals surface area contributed by atoms with Crippen LogP contribution in [-0.2, 0) is 0 Å². The van der Waals surface area contributed by atoms with Crippen molar-refractivity contribution < 1.29 is 9.90 Å². The highest BCUT2D eigenvalue weighted by Gasteiger charge is 2.10. The quantitative estimate of drug-likeness (QED) is 0.513. The minimum absolute atomic E-state index is 0.0695. The van der Waals surface area contributed by atoms with Crippen LogP contribution in [0, 0.1) is 0 Å². The minimum Gasteiger partial charge on any atom is -0.507 e. The van der Waals surface area contributed by atoms with Gasteiger partial charge in [0.15, 0.2) is 0 Å². The molecule has 0 saturated carbocycles. The maximum absolute atomic E-state index is 12.0. The number of amides is 1. The van der Waals surface area contributed by atoms with Crippen molar-refractivity contribution in [2.24, 2.45) is 5.10 Å². The molecule has 0 fully saturated rings. The molecule has 0 bridgehead atoms. The molecule has 3 aromatic rings. The molecule has 2 aromatic carbocycles. The number of hydrogen-bond donors (Lipinski definition) is 3. The number of nitrogens with one attached hydrogen (secondary N) is 2. The molecule has 1 aromatic heterocycles. The summed E-state index contributed by atoms with van der Waals surface area (Å²) < 4.78 is 0. The standard InChI is InChI=1S/C17H15N3O2/c1-11(14-10-18-15-8-4-2-6-12(14)15)19-20-17(22)13-7-3-5-9-16(13)21/h2-10,18,21H,1H3,(H,20,22)/b19-11+. The van der Waals surface area contributed by atoms with E-state index >= 15 is 0 Å². The third-order valence-electron chi connectivity index (χ3n) is 3.45. The van der Waals surface area contributed by atoms with E-state index in [-0.39, 0.29) is 11.3 Å². The minimum atomic E-state index is -0.447. The van der Waals surface area contributed by atoms with Crippen molar-refractivity contribution in [2.75, 3.05) is 0 Å². The summed E-state index contributed by atoms with van der Waals surface area (Å²) in [5.74, 6) is -0.516. The van der Waals surface area contributed by atoms with Crippen LogP contribution in [0.15, 0.2) is 59.8 Å². The number of nitrogens with zero attached hydrogens (tertiary/aromatic N) is 1. The lowest BCUT2D eigenvalue weighted by Crippen LogP contribution is -2.19. The van der Waals surface area contributed by atoms with Gasteiger partial charge in [-0.3, -0.25) is 4.79 Å². The van der Waals surface area contributed by atoms with E-state index in [0.717, 1.165) is 16.5 Å². The number of carbonyl (C=O) groups is 1. The lowest BCUT2D eigenvalue weighted by atomic mass is 10.1. The van der Waals surface area contributed by atoms with Gasteiger partial charge in [-0.2, -0.15) is 5.10 Å². The molecule has 0 aliphatic rings. The van der Waals surface area contributed by atoms with Gasteiger partial charge in [0, 0.05) is 22.7 Å². The molecular formula is C17H15N3O2. The first kappa shape index (κ1) is 13.9. The SMILES string of the molecule is C/C(=N\NC(=O)c1ccccc1O)c1c[nH]c2ccccc12. The van der Waals surface area contributed by atoms with Crippen molar-refractivity contribution in [3.8, 4) is 5.75 Å². The predicted octanol–water partition coefficient (Wildman–Crippen LogP) is 3.03. The Hall–Kier alpha value is -3.08. The number of hydrogen-bond acceptors (Lipinski definition) is 3. The van der Waals surface area contributed by atoms with Crippen LogP contribution in [-0.4, -0.2) is 21.7 Å². The fourth-order valence-electron chi connectivity index (χ4n) is 2.29. The summed E-state index contributed by atoms with van der Waals surface area (Å²) in [5, 5.41) is 14.8. The smallest absolute Gasteiger partial charge is 0.275 e. The summed E-state index contributed by atoms with van der Waals surface area (Å²) in [6.07, 6.45) is 1.86. The molecular weight excluding hydrogens is 278 g/mol. The second kappa shape index (κ2) is 5.73. The van der Waals surface area contributed by atoms with Crippen molar-refractivity contribution in [1.29, 1.82) is 0 Å². The molecule has 22 heavy (non-hydrogen) atoms. The summed E-state index contributed by atoms with van der Waals surface area (Å²) in [5.41, 5.74) is 5.28. The van der Waals surface area contributed by atoms with Gasteiger partial charge in [-0.1, -0.05) is 30.3 Å².